The third-order valence-electron chi connectivity index (χ3n) is 5.82. The molecule has 3 aromatic carbocycles. The van der Waals surface area contributed by atoms with Crippen molar-refractivity contribution in [2.45, 2.75) is 25.4 Å². The smallest absolute Gasteiger partial charge is 0.247 e. The molecule has 1 N–H and O–H groups in total. The Balaban J connectivity index is 1.95. The molecule has 0 aliphatic carbocycles. The molecule has 0 fully saturated rings. The first-order chi connectivity index (χ1) is 17.6. The Morgan fingerprint density at radius 1 is 0.833 bits per heavy atom. The number of ether oxygens (including phenoxy) is 3. The van der Waals surface area contributed by atoms with E-state index in [1.54, 1.807) is 38.4 Å². The van der Waals surface area contributed by atoms with Crippen molar-refractivity contribution in [3.05, 3.63) is 95.6 Å². The van der Waals surface area contributed by atoms with Gasteiger partial charge in [0.05, 0.1) is 20.6 Å². The number of hydrogen-bond donors (Lipinski definition) is 1. The molecule has 2 amide bonds. The molecule has 0 unspecified atom stereocenters. The van der Waals surface area contributed by atoms with Gasteiger partial charge >= 0.3 is 0 Å². The van der Waals surface area contributed by atoms with E-state index < -0.39 is 6.04 Å². The van der Waals surface area contributed by atoms with E-state index in [0.717, 1.165) is 16.7 Å². The fraction of sp³-hybridized carbons (Fsp3) is 0.310. The van der Waals surface area contributed by atoms with E-state index in [-0.39, 0.29) is 24.8 Å². The fourth-order valence-corrected chi connectivity index (χ4v) is 4.00. The minimum atomic E-state index is -0.790. The summed E-state index contributed by atoms with van der Waals surface area (Å²) in [6, 6.07) is 23.7. The number of benzene rings is 3. The summed E-state index contributed by atoms with van der Waals surface area (Å²) < 4.78 is 15.8. The molecule has 3 rings (SSSR count). The number of hydrogen-bond acceptors (Lipinski definition) is 5. The van der Waals surface area contributed by atoms with E-state index in [0.29, 0.717) is 31.1 Å². The van der Waals surface area contributed by atoms with Crippen LogP contribution in [0.2, 0.25) is 0 Å². The molecule has 0 aromatic heterocycles. The van der Waals surface area contributed by atoms with E-state index >= 15 is 0 Å². The van der Waals surface area contributed by atoms with Crippen LogP contribution in [0.1, 0.15) is 29.2 Å². The lowest BCUT2D eigenvalue weighted by atomic mass is 10.0. The van der Waals surface area contributed by atoms with Crippen LogP contribution in [0.5, 0.6) is 11.5 Å². The Kier molecular flexibility index (Phi) is 10.3. The Morgan fingerprint density at radius 2 is 1.50 bits per heavy atom. The van der Waals surface area contributed by atoms with Gasteiger partial charge in [-0.25, -0.2) is 0 Å². The quantitative estimate of drug-likeness (QED) is 0.364. The molecule has 0 radical (unpaired) electrons. The van der Waals surface area contributed by atoms with E-state index in [2.05, 4.69) is 5.32 Å². The molecular weight excluding hydrogens is 456 g/mol. The molecule has 1 atom stereocenters. The number of rotatable bonds is 13. The first-order valence-corrected chi connectivity index (χ1v) is 11.9. The van der Waals surface area contributed by atoms with Gasteiger partial charge in [-0.05, 0) is 35.2 Å². The molecule has 3 aromatic rings. The Labute approximate surface area is 213 Å². The standard InChI is InChI=1S/C29H34N2O5/c1-34-18-10-17-30-29(33)28(24-13-8-5-9-14-24)31(21-22-11-6-4-7-12-22)27(32)20-23-15-16-25(35-2)26(19-23)36-3/h4-9,11-16,19,28H,10,17-18,20-21H2,1-3H3,(H,30,33)/t28-/m1/s1. The zero-order valence-electron chi connectivity index (χ0n) is 21.1. The van der Waals surface area contributed by atoms with Crippen LogP contribution in [0, 0.1) is 0 Å². The van der Waals surface area contributed by atoms with Gasteiger partial charge in [-0.3, -0.25) is 9.59 Å². The molecule has 0 spiro atoms. The molecule has 7 heteroatoms. The second-order valence-corrected chi connectivity index (χ2v) is 8.32. The highest BCUT2D eigenvalue weighted by atomic mass is 16.5. The maximum absolute atomic E-state index is 13.8. The van der Waals surface area contributed by atoms with Crippen molar-refractivity contribution in [3.63, 3.8) is 0 Å². The summed E-state index contributed by atoms with van der Waals surface area (Å²) >= 11 is 0. The Bertz CT molecular complexity index is 1110. The van der Waals surface area contributed by atoms with Gasteiger partial charge < -0.3 is 24.4 Å². The first kappa shape index (κ1) is 26.8. The number of amides is 2. The van der Waals surface area contributed by atoms with E-state index in [4.69, 9.17) is 14.2 Å². The molecular formula is C29H34N2O5. The molecule has 7 nitrogen and oxygen atoms in total. The summed E-state index contributed by atoms with van der Waals surface area (Å²) in [5.41, 5.74) is 2.45. The van der Waals surface area contributed by atoms with Crippen molar-refractivity contribution in [2.24, 2.45) is 0 Å². The zero-order valence-corrected chi connectivity index (χ0v) is 21.1. The van der Waals surface area contributed by atoms with Crippen LogP contribution in [0.3, 0.4) is 0 Å². The first-order valence-electron chi connectivity index (χ1n) is 11.9. The summed E-state index contributed by atoms with van der Waals surface area (Å²) in [6.07, 6.45) is 0.787. The number of carbonyl (C=O) groups excluding carboxylic acids is 2. The van der Waals surface area contributed by atoms with Crippen LogP contribution in [0.4, 0.5) is 0 Å². The predicted molar refractivity (Wildman–Crippen MR) is 139 cm³/mol. The largest absolute Gasteiger partial charge is 0.493 e. The third kappa shape index (κ3) is 7.33. The molecule has 0 bridgehead atoms. The van der Waals surface area contributed by atoms with Crippen LogP contribution < -0.4 is 14.8 Å². The molecule has 0 heterocycles. The molecule has 0 aliphatic rings. The van der Waals surface area contributed by atoms with Crippen LogP contribution in [0.15, 0.2) is 78.9 Å². The van der Waals surface area contributed by atoms with Crippen molar-refractivity contribution < 1.29 is 23.8 Å². The third-order valence-corrected chi connectivity index (χ3v) is 5.82. The predicted octanol–water partition coefficient (Wildman–Crippen LogP) is 4.17. The van der Waals surface area contributed by atoms with E-state index in [1.165, 1.54) is 0 Å². The highest BCUT2D eigenvalue weighted by molar-refractivity contribution is 5.89. The van der Waals surface area contributed by atoms with Gasteiger partial charge in [0, 0.05) is 26.8 Å². The van der Waals surface area contributed by atoms with Crippen LogP contribution in [0.25, 0.3) is 0 Å². The lowest BCUT2D eigenvalue weighted by Crippen LogP contribution is -2.44. The highest BCUT2D eigenvalue weighted by Gasteiger charge is 2.31. The number of carbonyl (C=O) groups is 2. The summed E-state index contributed by atoms with van der Waals surface area (Å²) in [7, 11) is 4.76. The lowest BCUT2D eigenvalue weighted by molar-refractivity contribution is -0.141. The summed E-state index contributed by atoms with van der Waals surface area (Å²) in [5.74, 6) is 0.737. The summed E-state index contributed by atoms with van der Waals surface area (Å²) in [5, 5.41) is 2.99. The lowest BCUT2D eigenvalue weighted by Gasteiger charge is -2.32. The fourth-order valence-electron chi connectivity index (χ4n) is 4.00. The van der Waals surface area contributed by atoms with Gasteiger partial charge in [0.15, 0.2) is 11.5 Å². The number of methoxy groups -OCH3 is 3. The van der Waals surface area contributed by atoms with Crippen LogP contribution >= 0.6 is 0 Å². The van der Waals surface area contributed by atoms with Crippen molar-refractivity contribution in [2.75, 3.05) is 34.5 Å². The maximum Gasteiger partial charge on any atom is 0.247 e. The van der Waals surface area contributed by atoms with Gasteiger partial charge in [-0.1, -0.05) is 66.7 Å². The average molecular weight is 491 g/mol. The van der Waals surface area contributed by atoms with Gasteiger partial charge in [0.2, 0.25) is 11.8 Å². The second-order valence-electron chi connectivity index (χ2n) is 8.32. The normalized spacial score (nSPS) is 11.4. The van der Waals surface area contributed by atoms with Crippen molar-refractivity contribution in [1.82, 2.24) is 10.2 Å². The summed E-state index contributed by atoms with van der Waals surface area (Å²) in [4.78, 5) is 29.0. The molecule has 0 aliphatic heterocycles. The molecule has 0 saturated carbocycles. The van der Waals surface area contributed by atoms with Crippen molar-refractivity contribution >= 4 is 11.8 Å². The van der Waals surface area contributed by atoms with Gasteiger partial charge in [-0.2, -0.15) is 0 Å². The monoisotopic (exact) mass is 490 g/mol. The van der Waals surface area contributed by atoms with Crippen LogP contribution in [-0.2, 0) is 27.3 Å². The van der Waals surface area contributed by atoms with Crippen molar-refractivity contribution in [1.29, 1.82) is 0 Å². The van der Waals surface area contributed by atoms with Crippen LogP contribution in [-0.4, -0.2) is 51.2 Å². The highest BCUT2D eigenvalue weighted by Crippen LogP contribution is 2.29. The number of nitrogens with zero attached hydrogens (tertiary/aromatic N) is 1. The second kappa shape index (κ2) is 13.9. The maximum atomic E-state index is 13.8. The average Bonchev–Trinajstić information content (AvgIpc) is 2.91. The minimum absolute atomic E-state index is 0.105. The molecule has 190 valence electrons. The SMILES string of the molecule is COCCCNC(=O)[C@@H](c1ccccc1)N(Cc1ccccc1)C(=O)Cc1ccc(OC)c(OC)c1. The van der Waals surface area contributed by atoms with Gasteiger partial charge in [-0.15, -0.1) is 0 Å². The molecule has 0 saturated heterocycles. The summed E-state index contributed by atoms with van der Waals surface area (Å²) in [6.45, 7) is 1.29. The Hall–Kier alpha value is -3.84. The van der Waals surface area contributed by atoms with Gasteiger partial charge in [0.1, 0.15) is 6.04 Å². The topological polar surface area (TPSA) is 77.1 Å². The van der Waals surface area contributed by atoms with Crippen molar-refractivity contribution in [3.8, 4) is 11.5 Å². The van der Waals surface area contributed by atoms with Gasteiger partial charge in [0.25, 0.3) is 0 Å². The van der Waals surface area contributed by atoms with E-state index in [9.17, 15) is 9.59 Å². The number of nitrogens with one attached hydrogen (secondary N) is 1. The minimum Gasteiger partial charge on any atom is -0.493 e. The molecule has 36 heavy (non-hydrogen) atoms. The zero-order chi connectivity index (χ0) is 25.8. The Morgan fingerprint density at radius 3 is 2.14 bits per heavy atom. The van der Waals surface area contributed by atoms with E-state index in [1.807, 2.05) is 66.7 Å².